The van der Waals surface area contributed by atoms with Crippen LogP contribution in [0.4, 0.5) is 0 Å². The van der Waals surface area contributed by atoms with Crippen molar-refractivity contribution in [2.24, 2.45) is 35.5 Å². The van der Waals surface area contributed by atoms with Gasteiger partial charge >= 0.3 is 17.9 Å². The summed E-state index contributed by atoms with van der Waals surface area (Å²) < 4.78 is 5.82. The highest BCUT2D eigenvalue weighted by molar-refractivity contribution is 6.00. The zero-order valence-corrected chi connectivity index (χ0v) is 57.9. The molecule has 0 aromatic rings. The minimum absolute atomic E-state index is 0.0322. The summed E-state index contributed by atoms with van der Waals surface area (Å²) in [5.74, 6) is -18.7. The minimum atomic E-state index is -1.97. The molecule has 1 aliphatic heterocycles. The third-order valence-corrected chi connectivity index (χ3v) is 16.0. The van der Waals surface area contributed by atoms with Gasteiger partial charge in [0.15, 0.2) is 0 Å². The van der Waals surface area contributed by atoms with Gasteiger partial charge in [0.05, 0.1) is 38.6 Å². The van der Waals surface area contributed by atoms with Gasteiger partial charge in [-0.25, -0.2) is 4.79 Å². The van der Waals surface area contributed by atoms with E-state index in [9.17, 15) is 92.7 Å². The fraction of sp³-hybridized carbons (Fsp3) is 0.781. The van der Waals surface area contributed by atoms with E-state index in [2.05, 4.69) is 58.5 Å². The Morgan fingerprint density at radius 1 is 0.400 bits per heavy atom. The molecule has 0 aliphatic carbocycles. The summed E-state index contributed by atoms with van der Waals surface area (Å²) in [6.45, 7) is 21.1. The van der Waals surface area contributed by atoms with Crippen molar-refractivity contribution in [1.82, 2.24) is 58.5 Å². The van der Waals surface area contributed by atoms with Crippen molar-refractivity contribution in [3.8, 4) is 0 Å². The number of aliphatic hydroxyl groups excluding tert-OH is 3. The predicted molar refractivity (Wildman–Crippen MR) is 346 cm³/mol. The van der Waals surface area contributed by atoms with E-state index in [1.165, 1.54) is 0 Å². The number of hydrogen-bond donors (Lipinski definition) is 16. The van der Waals surface area contributed by atoms with E-state index in [0.29, 0.717) is 12.8 Å². The number of cyclic esters (lactones) is 1. The second kappa shape index (κ2) is 43.5. The average Bonchev–Trinajstić information content (AvgIpc) is 0.886. The van der Waals surface area contributed by atoms with Crippen LogP contribution in [0.5, 0.6) is 0 Å². The van der Waals surface area contributed by atoms with E-state index in [4.69, 9.17) is 4.74 Å². The van der Waals surface area contributed by atoms with Crippen LogP contribution in [0.25, 0.3) is 0 Å². The van der Waals surface area contributed by atoms with Gasteiger partial charge in [0.25, 0.3) is 0 Å². The summed E-state index contributed by atoms with van der Waals surface area (Å²) in [5.41, 5.74) is 0. The van der Waals surface area contributed by atoms with Crippen molar-refractivity contribution >= 4 is 82.9 Å². The van der Waals surface area contributed by atoms with Gasteiger partial charge in [-0.1, -0.05) is 129 Å². The lowest BCUT2D eigenvalue weighted by Gasteiger charge is -2.31. The maximum atomic E-state index is 14.4. The van der Waals surface area contributed by atoms with Crippen molar-refractivity contribution in [2.45, 2.75) is 272 Å². The number of carbonyl (C=O) groups is 14. The highest BCUT2D eigenvalue weighted by Crippen LogP contribution is 2.19. The van der Waals surface area contributed by atoms with E-state index in [0.717, 1.165) is 26.2 Å². The van der Waals surface area contributed by atoms with E-state index in [1.807, 2.05) is 6.92 Å². The molecule has 542 valence electrons. The number of hydrogen-bond acceptors (Lipinski definition) is 18. The summed E-state index contributed by atoms with van der Waals surface area (Å²) in [6, 6.07) is -18.3. The van der Waals surface area contributed by atoms with Gasteiger partial charge in [-0.3, -0.25) is 62.3 Å². The van der Waals surface area contributed by atoms with Crippen molar-refractivity contribution in [3.63, 3.8) is 0 Å². The number of carboxylic acids is 2. The summed E-state index contributed by atoms with van der Waals surface area (Å²) >= 11 is 0. The number of amides is 11. The molecule has 0 bridgehead atoms. The topological polar surface area (TPSA) is 482 Å². The molecule has 1 fully saturated rings. The first-order valence-corrected chi connectivity index (χ1v) is 33.3. The quantitative estimate of drug-likeness (QED) is 0.0408. The van der Waals surface area contributed by atoms with Crippen LogP contribution in [0.2, 0.25) is 0 Å². The lowest BCUT2D eigenvalue weighted by molar-refractivity contribution is -0.158. The molecule has 15 atom stereocenters. The highest BCUT2D eigenvalue weighted by Gasteiger charge is 2.40. The number of esters is 1. The maximum Gasteiger partial charge on any atom is 0.329 e. The normalized spacial score (nSPS) is 26.6. The van der Waals surface area contributed by atoms with Gasteiger partial charge in [0.1, 0.15) is 72.6 Å². The third kappa shape index (κ3) is 31.7. The van der Waals surface area contributed by atoms with Crippen molar-refractivity contribution in [1.29, 1.82) is 0 Å². The van der Waals surface area contributed by atoms with Gasteiger partial charge < -0.3 is 88.8 Å². The molecular formula is C64H111N11O20. The summed E-state index contributed by atoms with van der Waals surface area (Å²) in [5, 5.41) is 78.9. The van der Waals surface area contributed by atoms with Crippen LogP contribution in [0.15, 0.2) is 0 Å². The number of ether oxygens (including phenoxy) is 1. The lowest BCUT2D eigenvalue weighted by atomic mass is 9.94. The van der Waals surface area contributed by atoms with Gasteiger partial charge in [0.2, 0.25) is 65.0 Å². The Balaban J connectivity index is 4.25. The predicted octanol–water partition coefficient (Wildman–Crippen LogP) is -0.413. The Bertz CT molecular complexity index is 2570. The van der Waals surface area contributed by atoms with Crippen molar-refractivity contribution < 1.29 is 97.4 Å². The first-order chi connectivity index (χ1) is 44.4. The molecule has 1 aliphatic rings. The second-order valence-corrected chi connectivity index (χ2v) is 26.6. The Hall–Kier alpha value is -7.54. The molecule has 1 heterocycles. The van der Waals surface area contributed by atoms with Crippen LogP contribution in [-0.2, 0) is 71.9 Å². The zero-order chi connectivity index (χ0) is 72.6. The number of carbonyl (C=O) groups excluding carboxylic acids is 12. The smallest absolute Gasteiger partial charge is 0.329 e. The van der Waals surface area contributed by atoms with Gasteiger partial charge in [-0.05, 0) is 81.0 Å². The number of nitrogens with one attached hydrogen (secondary N) is 11. The molecule has 1 rings (SSSR count). The molecule has 2 unspecified atom stereocenters. The first-order valence-electron chi connectivity index (χ1n) is 33.3. The molecule has 0 aromatic heterocycles. The first kappa shape index (κ1) is 85.5. The van der Waals surface area contributed by atoms with E-state index in [-0.39, 0.29) is 68.6 Å². The Labute approximate surface area is 557 Å². The average molecular weight is 1350 g/mol. The van der Waals surface area contributed by atoms with E-state index >= 15 is 0 Å². The van der Waals surface area contributed by atoms with E-state index < -0.39 is 206 Å². The van der Waals surface area contributed by atoms with Crippen LogP contribution in [0.1, 0.15) is 193 Å². The van der Waals surface area contributed by atoms with Crippen LogP contribution in [0.3, 0.4) is 0 Å². The number of rotatable bonds is 25. The third-order valence-electron chi connectivity index (χ3n) is 16.0. The monoisotopic (exact) mass is 1350 g/mol. The molecular weight excluding hydrogens is 1240 g/mol. The molecule has 16 N–H and O–H groups in total. The Kier molecular flexibility index (Phi) is 39.2. The van der Waals surface area contributed by atoms with Gasteiger partial charge in [0, 0.05) is 0 Å². The molecule has 95 heavy (non-hydrogen) atoms. The second-order valence-electron chi connectivity index (χ2n) is 26.6. The molecule has 0 radical (unpaired) electrons. The summed E-state index contributed by atoms with van der Waals surface area (Å²) in [6.07, 6.45) is -2.22. The SMILES string of the molecule is CCCCCCCC1CC(=O)N[C@H](CC(C)C)C(=O)N[C@H](CC(=O)O)C(=O)NC([C@H](C)O)C(=O)N[C@H](CC(C)C)C(=O)N[C@@H](CC(C)C)C(=O)N[C@H](CO)C(=O)N[C@@H](CC(C)C)C(=O)N[C@H](CO)C(=O)N[C@@H]([C@@H](C)CC)C(=O)N[C@@H]([C@@H](C)CC)C(=O)N[C@H](CC(=O)O)C(=O)O1. The molecule has 0 aromatic carbocycles. The van der Waals surface area contributed by atoms with Gasteiger partial charge in [-0.15, -0.1) is 0 Å². The molecule has 31 nitrogen and oxygen atoms in total. The number of aliphatic hydroxyl groups is 3. The molecule has 31 heteroatoms. The summed E-state index contributed by atoms with van der Waals surface area (Å²) in [4.78, 5) is 195. The van der Waals surface area contributed by atoms with Crippen molar-refractivity contribution in [3.05, 3.63) is 0 Å². The number of aliphatic carboxylic acids is 2. The van der Waals surface area contributed by atoms with Gasteiger partial charge in [-0.2, -0.15) is 0 Å². The summed E-state index contributed by atoms with van der Waals surface area (Å²) in [7, 11) is 0. The molecule has 0 spiro atoms. The van der Waals surface area contributed by atoms with Crippen LogP contribution in [-0.4, -0.2) is 200 Å². The fourth-order valence-electron chi connectivity index (χ4n) is 10.3. The zero-order valence-electron chi connectivity index (χ0n) is 57.9. The largest absolute Gasteiger partial charge is 0.481 e. The molecule has 1 saturated heterocycles. The van der Waals surface area contributed by atoms with Crippen LogP contribution >= 0.6 is 0 Å². The standard InChI is InChI=1S/C64H111N11O20/c1-15-18-19-20-21-22-39-27-48(79)65-40(23-32(4)5)54(84)68-44(28-49(80)81)58(88)75-53(38(14)78)63(93)69-43(26-35(10)11)55(85)66-41(24-33(6)7)56(86)71-46(30-76)59(89)67-42(25-34(8)9)57(87)72-47(31-77)60(90)73-52(37(13)17-3)62(92)74-51(36(12)16-2)61(91)70-45(29-50(82)83)64(94)95-39/h32-47,51-53,76-78H,15-31H2,1-14H3,(H,65,79)(H,66,85)(H,67,89)(H,68,84)(H,69,93)(H,70,91)(H,71,86)(H,72,87)(H,73,90)(H,74,92)(H,75,88)(H,80,81)(H,82,83)/t36-,37-,38-,39?,40+,41-,42-,43+,44+,45+,46+,47+,51-,52-,53?/m0/s1. The number of unbranched alkanes of at least 4 members (excludes halogenated alkanes) is 4. The lowest BCUT2D eigenvalue weighted by Crippen LogP contribution is -2.62. The highest BCUT2D eigenvalue weighted by atomic mass is 16.5. The van der Waals surface area contributed by atoms with Crippen molar-refractivity contribution in [2.75, 3.05) is 13.2 Å². The molecule has 0 saturated carbocycles. The van der Waals surface area contributed by atoms with Crippen LogP contribution < -0.4 is 58.5 Å². The fourth-order valence-corrected chi connectivity index (χ4v) is 10.3. The maximum absolute atomic E-state index is 14.4. The Morgan fingerprint density at radius 2 is 0.705 bits per heavy atom. The van der Waals surface area contributed by atoms with Crippen LogP contribution in [0, 0.1) is 35.5 Å². The minimum Gasteiger partial charge on any atom is -0.481 e. The van der Waals surface area contributed by atoms with E-state index in [1.54, 1.807) is 83.1 Å². The number of carboxylic acid groups (broad SMARTS) is 2. The Morgan fingerprint density at radius 3 is 1.09 bits per heavy atom. The molecule has 11 amide bonds.